The smallest absolute Gasteiger partial charge is 0.320 e. The number of hydrogen-bond acceptors (Lipinski definition) is 1. The zero-order valence-electron chi connectivity index (χ0n) is 10.7. The van der Waals surface area contributed by atoms with Crippen molar-refractivity contribution in [3.05, 3.63) is 39.9 Å². The van der Waals surface area contributed by atoms with Gasteiger partial charge >= 0.3 is 6.03 Å². The highest BCUT2D eigenvalue weighted by molar-refractivity contribution is 9.10. The molecular formula is C14H17BrN2O. The molecule has 2 rings (SSSR count). The number of urea groups is 1. The van der Waals surface area contributed by atoms with E-state index in [1.54, 1.807) is 0 Å². The first-order valence-corrected chi connectivity index (χ1v) is 6.83. The molecule has 1 aliphatic rings. The molecule has 96 valence electrons. The number of rotatable bonds is 1. The molecule has 0 spiro atoms. The topological polar surface area (TPSA) is 32.3 Å². The van der Waals surface area contributed by atoms with Gasteiger partial charge < -0.3 is 10.2 Å². The Kier molecular flexibility index (Phi) is 4.07. The van der Waals surface area contributed by atoms with Gasteiger partial charge in [-0.3, -0.25) is 0 Å². The molecule has 2 amide bonds. The van der Waals surface area contributed by atoms with Crippen molar-refractivity contribution < 1.29 is 4.79 Å². The van der Waals surface area contributed by atoms with Crippen molar-refractivity contribution in [3.63, 3.8) is 0 Å². The van der Waals surface area contributed by atoms with E-state index in [1.807, 2.05) is 30.0 Å². The summed E-state index contributed by atoms with van der Waals surface area (Å²) < 4.78 is 1.05. The highest BCUT2D eigenvalue weighted by Crippen LogP contribution is 2.20. The number of nitrogens with one attached hydrogen (secondary N) is 1. The normalized spacial score (nSPS) is 15.3. The van der Waals surface area contributed by atoms with Gasteiger partial charge in [0.1, 0.15) is 0 Å². The van der Waals surface area contributed by atoms with Gasteiger partial charge in [-0.1, -0.05) is 27.6 Å². The predicted octanol–water partition coefficient (Wildman–Crippen LogP) is 3.94. The summed E-state index contributed by atoms with van der Waals surface area (Å²) in [5.74, 6) is 0. The maximum absolute atomic E-state index is 12.0. The molecule has 0 radical (unpaired) electrons. The van der Waals surface area contributed by atoms with Gasteiger partial charge in [-0.25, -0.2) is 4.79 Å². The molecule has 1 aromatic rings. The van der Waals surface area contributed by atoms with Crippen molar-refractivity contribution in [1.82, 2.24) is 4.90 Å². The Morgan fingerprint density at radius 3 is 2.78 bits per heavy atom. The van der Waals surface area contributed by atoms with Crippen LogP contribution in [0.3, 0.4) is 0 Å². The number of nitrogens with zero attached hydrogens (tertiary/aromatic N) is 1. The van der Waals surface area contributed by atoms with Gasteiger partial charge in [0.15, 0.2) is 0 Å². The van der Waals surface area contributed by atoms with E-state index in [0.29, 0.717) is 6.54 Å². The van der Waals surface area contributed by atoms with E-state index in [2.05, 4.69) is 34.2 Å². The summed E-state index contributed by atoms with van der Waals surface area (Å²) in [6.45, 7) is 5.61. The maximum Gasteiger partial charge on any atom is 0.322 e. The van der Waals surface area contributed by atoms with Crippen LogP contribution in [0.4, 0.5) is 10.5 Å². The third-order valence-corrected chi connectivity index (χ3v) is 4.02. The average Bonchev–Trinajstić information content (AvgIpc) is 2.34. The molecule has 0 aliphatic carbocycles. The van der Waals surface area contributed by atoms with Gasteiger partial charge in [0, 0.05) is 23.2 Å². The van der Waals surface area contributed by atoms with Crippen LogP contribution >= 0.6 is 15.9 Å². The largest absolute Gasteiger partial charge is 0.322 e. The zero-order chi connectivity index (χ0) is 13.1. The fourth-order valence-corrected chi connectivity index (χ4v) is 2.13. The summed E-state index contributed by atoms with van der Waals surface area (Å²) >= 11 is 3.45. The van der Waals surface area contributed by atoms with Crippen molar-refractivity contribution >= 4 is 27.6 Å². The summed E-state index contributed by atoms with van der Waals surface area (Å²) in [5, 5.41) is 2.93. The van der Waals surface area contributed by atoms with Gasteiger partial charge in [-0.15, -0.1) is 0 Å². The minimum Gasteiger partial charge on any atom is -0.320 e. The molecule has 4 heteroatoms. The third kappa shape index (κ3) is 3.13. The molecule has 0 saturated heterocycles. The molecule has 18 heavy (non-hydrogen) atoms. The van der Waals surface area contributed by atoms with E-state index in [9.17, 15) is 4.79 Å². The van der Waals surface area contributed by atoms with Crippen molar-refractivity contribution in [1.29, 1.82) is 0 Å². The van der Waals surface area contributed by atoms with Gasteiger partial charge in [-0.2, -0.15) is 0 Å². The Balaban J connectivity index is 2.01. The van der Waals surface area contributed by atoms with Gasteiger partial charge in [0.25, 0.3) is 0 Å². The second kappa shape index (κ2) is 5.57. The Morgan fingerprint density at radius 1 is 1.39 bits per heavy atom. The molecular weight excluding hydrogens is 292 g/mol. The van der Waals surface area contributed by atoms with Gasteiger partial charge in [0.05, 0.1) is 0 Å². The SMILES string of the molecule is CC1=CCN(C(=O)Nc2ccc(Br)c(C)c2)CC1. The predicted molar refractivity (Wildman–Crippen MR) is 77.8 cm³/mol. The van der Waals surface area contributed by atoms with Crippen LogP contribution in [0.5, 0.6) is 0 Å². The molecule has 1 aliphatic heterocycles. The number of benzene rings is 1. The molecule has 0 atom stereocenters. The van der Waals surface area contributed by atoms with Crippen LogP contribution in [0.15, 0.2) is 34.3 Å². The first kappa shape index (κ1) is 13.1. The Morgan fingerprint density at radius 2 is 2.17 bits per heavy atom. The van der Waals surface area contributed by atoms with E-state index >= 15 is 0 Å². The highest BCUT2D eigenvalue weighted by atomic mass is 79.9. The molecule has 1 heterocycles. The molecule has 0 bridgehead atoms. The molecule has 3 nitrogen and oxygen atoms in total. The number of carbonyl (C=O) groups excluding carboxylic acids is 1. The highest BCUT2D eigenvalue weighted by Gasteiger charge is 2.15. The first-order chi connectivity index (χ1) is 8.56. The third-order valence-electron chi connectivity index (χ3n) is 3.13. The summed E-state index contributed by atoms with van der Waals surface area (Å²) in [7, 11) is 0. The molecule has 1 aromatic carbocycles. The summed E-state index contributed by atoms with van der Waals surface area (Å²) in [4.78, 5) is 13.9. The minimum atomic E-state index is -0.0273. The summed E-state index contributed by atoms with van der Waals surface area (Å²) in [6.07, 6.45) is 3.07. The quantitative estimate of drug-likeness (QED) is 0.783. The zero-order valence-corrected chi connectivity index (χ0v) is 12.3. The van der Waals surface area contributed by atoms with Crippen LogP contribution < -0.4 is 5.32 Å². The second-order valence-corrected chi connectivity index (χ2v) is 5.49. The van der Waals surface area contributed by atoms with Crippen molar-refractivity contribution in [2.45, 2.75) is 20.3 Å². The van der Waals surface area contributed by atoms with Crippen LogP contribution in [0, 0.1) is 6.92 Å². The van der Waals surface area contributed by atoms with Crippen molar-refractivity contribution in [2.75, 3.05) is 18.4 Å². The minimum absolute atomic E-state index is 0.0273. The lowest BCUT2D eigenvalue weighted by atomic mass is 10.1. The summed E-state index contributed by atoms with van der Waals surface area (Å²) in [6, 6.07) is 5.79. The first-order valence-electron chi connectivity index (χ1n) is 6.04. The number of aryl methyl sites for hydroxylation is 1. The number of hydrogen-bond donors (Lipinski definition) is 1. The van der Waals surface area contributed by atoms with Crippen LogP contribution in [-0.4, -0.2) is 24.0 Å². The summed E-state index contributed by atoms with van der Waals surface area (Å²) in [5.41, 5.74) is 3.31. The monoisotopic (exact) mass is 308 g/mol. The number of carbonyl (C=O) groups is 1. The number of anilines is 1. The number of halogens is 1. The van der Waals surface area contributed by atoms with Crippen molar-refractivity contribution in [3.8, 4) is 0 Å². The van der Waals surface area contributed by atoms with Crippen LogP contribution in [0.2, 0.25) is 0 Å². The fraction of sp³-hybridized carbons (Fsp3) is 0.357. The Bertz CT molecular complexity index is 497. The van der Waals surface area contributed by atoms with E-state index in [-0.39, 0.29) is 6.03 Å². The Hall–Kier alpha value is -1.29. The van der Waals surface area contributed by atoms with Gasteiger partial charge in [-0.05, 0) is 44.0 Å². The lowest BCUT2D eigenvalue weighted by molar-refractivity contribution is 0.215. The maximum atomic E-state index is 12.0. The standard InChI is InChI=1S/C14H17BrN2O/c1-10-5-7-17(8-6-10)14(18)16-12-3-4-13(15)11(2)9-12/h3-5,9H,6-8H2,1-2H3,(H,16,18). The van der Waals surface area contributed by atoms with Crippen LogP contribution in [0.1, 0.15) is 18.9 Å². The Labute approximate surface area is 116 Å². The molecule has 0 fully saturated rings. The fourth-order valence-electron chi connectivity index (χ4n) is 1.88. The lowest BCUT2D eigenvalue weighted by Crippen LogP contribution is -2.37. The molecule has 0 saturated carbocycles. The second-order valence-electron chi connectivity index (χ2n) is 4.64. The van der Waals surface area contributed by atoms with Crippen LogP contribution in [0.25, 0.3) is 0 Å². The van der Waals surface area contributed by atoms with Crippen LogP contribution in [-0.2, 0) is 0 Å². The van der Waals surface area contributed by atoms with E-state index in [4.69, 9.17) is 0 Å². The molecule has 1 N–H and O–H groups in total. The van der Waals surface area contributed by atoms with E-state index in [1.165, 1.54) is 5.57 Å². The molecule has 0 unspecified atom stereocenters. The number of amides is 2. The molecule has 0 aromatic heterocycles. The van der Waals surface area contributed by atoms with E-state index < -0.39 is 0 Å². The van der Waals surface area contributed by atoms with E-state index in [0.717, 1.165) is 28.7 Å². The van der Waals surface area contributed by atoms with Gasteiger partial charge in [0.2, 0.25) is 0 Å². The average molecular weight is 309 g/mol. The van der Waals surface area contributed by atoms with Crippen molar-refractivity contribution in [2.24, 2.45) is 0 Å². The lowest BCUT2D eigenvalue weighted by Gasteiger charge is -2.25.